The summed E-state index contributed by atoms with van der Waals surface area (Å²) in [5, 5.41) is 7.78. The number of nitrogens with one attached hydrogen (secondary N) is 1. The number of hydrogen-bond acceptors (Lipinski definition) is 2. The molecule has 1 N–H and O–H groups in total. The van der Waals surface area contributed by atoms with E-state index in [0.717, 1.165) is 18.9 Å². The van der Waals surface area contributed by atoms with Crippen LogP contribution in [0.15, 0.2) is 12.4 Å². The number of aromatic nitrogens is 2. The Morgan fingerprint density at radius 3 is 3.00 bits per heavy atom. The van der Waals surface area contributed by atoms with Crippen LogP contribution in [0.2, 0.25) is 0 Å². The molecule has 90 valence electrons. The van der Waals surface area contributed by atoms with Gasteiger partial charge in [0, 0.05) is 19.3 Å². The molecule has 1 unspecified atom stereocenters. The molecule has 0 bridgehead atoms. The monoisotopic (exact) mass is 221 g/mol. The number of aryl methyl sites for hydroxylation is 2. The normalized spacial score (nSPS) is 17.6. The summed E-state index contributed by atoms with van der Waals surface area (Å²) in [6.45, 7) is 3.44. The van der Waals surface area contributed by atoms with Gasteiger partial charge in [-0.15, -0.1) is 0 Å². The number of hydrogen-bond donors (Lipinski definition) is 1. The topological polar surface area (TPSA) is 29.9 Å². The van der Waals surface area contributed by atoms with Gasteiger partial charge in [0.1, 0.15) is 0 Å². The molecule has 1 heterocycles. The average molecular weight is 221 g/mol. The van der Waals surface area contributed by atoms with Crippen molar-refractivity contribution < 1.29 is 0 Å². The molecule has 1 fully saturated rings. The second-order valence-electron chi connectivity index (χ2n) is 5.16. The summed E-state index contributed by atoms with van der Waals surface area (Å²) in [6.07, 6.45) is 10.7. The van der Waals surface area contributed by atoms with Crippen molar-refractivity contribution in [1.82, 2.24) is 15.1 Å². The molecule has 2 rings (SSSR count). The zero-order valence-corrected chi connectivity index (χ0v) is 10.4. The summed E-state index contributed by atoms with van der Waals surface area (Å²) < 4.78 is 1.87. The van der Waals surface area contributed by atoms with Crippen molar-refractivity contribution >= 4 is 0 Å². The van der Waals surface area contributed by atoms with Gasteiger partial charge in [-0.25, -0.2) is 0 Å². The quantitative estimate of drug-likeness (QED) is 0.715. The molecular formula is C13H23N3. The molecule has 1 saturated carbocycles. The van der Waals surface area contributed by atoms with Gasteiger partial charge < -0.3 is 5.32 Å². The van der Waals surface area contributed by atoms with E-state index < -0.39 is 0 Å². The molecular weight excluding hydrogens is 198 g/mol. The van der Waals surface area contributed by atoms with E-state index in [1.54, 1.807) is 0 Å². The van der Waals surface area contributed by atoms with E-state index in [4.69, 9.17) is 0 Å². The molecule has 3 nitrogen and oxygen atoms in total. The maximum atomic E-state index is 4.17. The maximum absolute atomic E-state index is 4.17. The first-order valence-electron chi connectivity index (χ1n) is 6.45. The zero-order valence-electron chi connectivity index (χ0n) is 10.4. The fraction of sp³-hybridized carbons (Fsp3) is 0.769. The minimum atomic E-state index is 0.696. The highest BCUT2D eigenvalue weighted by atomic mass is 15.2. The van der Waals surface area contributed by atoms with E-state index in [1.165, 1.54) is 31.2 Å². The van der Waals surface area contributed by atoms with Crippen molar-refractivity contribution in [1.29, 1.82) is 0 Å². The van der Waals surface area contributed by atoms with Crippen LogP contribution in [-0.4, -0.2) is 22.4 Å². The van der Waals surface area contributed by atoms with Crippen molar-refractivity contribution in [2.75, 3.05) is 6.54 Å². The fourth-order valence-corrected chi connectivity index (χ4v) is 2.18. The predicted molar refractivity (Wildman–Crippen MR) is 66.3 cm³/mol. The van der Waals surface area contributed by atoms with Crippen LogP contribution in [0, 0.1) is 5.92 Å². The van der Waals surface area contributed by atoms with Gasteiger partial charge in [-0.2, -0.15) is 5.10 Å². The van der Waals surface area contributed by atoms with Crippen LogP contribution in [0.1, 0.15) is 38.2 Å². The molecule has 3 heteroatoms. The lowest BCUT2D eigenvalue weighted by Crippen LogP contribution is -2.27. The number of rotatable bonds is 7. The van der Waals surface area contributed by atoms with Gasteiger partial charge in [-0.1, -0.05) is 12.8 Å². The third kappa shape index (κ3) is 3.97. The van der Waals surface area contributed by atoms with Crippen LogP contribution >= 0.6 is 0 Å². The van der Waals surface area contributed by atoms with E-state index >= 15 is 0 Å². The fourth-order valence-electron chi connectivity index (χ4n) is 2.18. The highest BCUT2D eigenvalue weighted by Gasteiger charge is 2.22. The van der Waals surface area contributed by atoms with Gasteiger partial charge in [0.05, 0.1) is 6.20 Å². The second-order valence-corrected chi connectivity index (χ2v) is 5.16. The molecule has 0 radical (unpaired) electrons. The number of nitrogens with zero attached hydrogens (tertiary/aromatic N) is 2. The Morgan fingerprint density at radius 2 is 2.38 bits per heavy atom. The Hall–Kier alpha value is -0.830. The molecule has 0 aliphatic heterocycles. The third-order valence-electron chi connectivity index (χ3n) is 3.28. The molecule has 16 heavy (non-hydrogen) atoms. The van der Waals surface area contributed by atoms with Gasteiger partial charge in [0.25, 0.3) is 0 Å². The van der Waals surface area contributed by atoms with E-state index in [0.29, 0.717) is 6.04 Å². The van der Waals surface area contributed by atoms with Gasteiger partial charge in [-0.3, -0.25) is 4.68 Å². The first-order valence-corrected chi connectivity index (χ1v) is 6.45. The van der Waals surface area contributed by atoms with E-state index in [2.05, 4.69) is 23.5 Å². The maximum Gasteiger partial charge on any atom is 0.0521 e. The van der Waals surface area contributed by atoms with Crippen LogP contribution < -0.4 is 5.32 Å². The lowest BCUT2D eigenvalue weighted by Gasteiger charge is -2.12. The average Bonchev–Trinajstić information content (AvgIpc) is 2.95. The van der Waals surface area contributed by atoms with Gasteiger partial charge >= 0.3 is 0 Å². The standard InChI is InChI=1S/C13H23N3/c1-11(8-12-5-6-12)14-7-3-4-13-9-15-16(2)10-13/h9-12,14H,3-8H2,1-2H3. The second kappa shape index (κ2) is 5.48. The molecule has 1 aliphatic carbocycles. The summed E-state index contributed by atoms with van der Waals surface area (Å²) in [5.74, 6) is 1.03. The first kappa shape index (κ1) is 11.6. The Balaban J connectivity index is 1.54. The van der Waals surface area contributed by atoms with Crippen molar-refractivity contribution in [3.63, 3.8) is 0 Å². The molecule has 1 aromatic heterocycles. The molecule has 0 saturated heterocycles. The van der Waals surface area contributed by atoms with Crippen LogP contribution in [0.25, 0.3) is 0 Å². The van der Waals surface area contributed by atoms with Crippen LogP contribution in [0.5, 0.6) is 0 Å². The van der Waals surface area contributed by atoms with Crippen LogP contribution in [-0.2, 0) is 13.5 Å². The Labute approximate surface area is 98.2 Å². The zero-order chi connectivity index (χ0) is 11.4. The minimum Gasteiger partial charge on any atom is -0.314 e. The predicted octanol–water partition coefficient (Wildman–Crippen LogP) is 2.13. The van der Waals surface area contributed by atoms with Gasteiger partial charge in [0.15, 0.2) is 0 Å². The highest BCUT2D eigenvalue weighted by molar-refractivity contribution is 5.03. The van der Waals surface area contributed by atoms with Crippen molar-refractivity contribution in [2.24, 2.45) is 13.0 Å². The summed E-state index contributed by atoms with van der Waals surface area (Å²) in [4.78, 5) is 0. The van der Waals surface area contributed by atoms with Crippen molar-refractivity contribution in [3.05, 3.63) is 18.0 Å². The van der Waals surface area contributed by atoms with Gasteiger partial charge in [0.2, 0.25) is 0 Å². The van der Waals surface area contributed by atoms with E-state index in [9.17, 15) is 0 Å². The molecule has 0 spiro atoms. The molecule has 0 aromatic carbocycles. The third-order valence-corrected chi connectivity index (χ3v) is 3.28. The molecule has 1 aromatic rings. The van der Waals surface area contributed by atoms with E-state index in [1.807, 2.05) is 17.9 Å². The Morgan fingerprint density at radius 1 is 1.56 bits per heavy atom. The van der Waals surface area contributed by atoms with E-state index in [-0.39, 0.29) is 0 Å². The minimum absolute atomic E-state index is 0.696. The summed E-state index contributed by atoms with van der Waals surface area (Å²) in [7, 11) is 1.97. The van der Waals surface area contributed by atoms with Crippen LogP contribution in [0.4, 0.5) is 0 Å². The Kier molecular flexibility index (Phi) is 3.99. The molecule has 1 atom stereocenters. The Bertz CT molecular complexity index is 315. The summed E-state index contributed by atoms with van der Waals surface area (Å²) >= 11 is 0. The molecule has 1 aliphatic rings. The lowest BCUT2D eigenvalue weighted by atomic mass is 10.1. The largest absolute Gasteiger partial charge is 0.314 e. The van der Waals surface area contributed by atoms with Gasteiger partial charge in [-0.05, 0) is 44.2 Å². The van der Waals surface area contributed by atoms with Crippen LogP contribution in [0.3, 0.4) is 0 Å². The first-order chi connectivity index (χ1) is 7.74. The summed E-state index contributed by atoms with van der Waals surface area (Å²) in [6, 6.07) is 0.696. The SMILES string of the molecule is CC(CC1CC1)NCCCc1cnn(C)c1. The lowest BCUT2D eigenvalue weighted by molar-refractivity contribution is 0.482. The van der Waals surface area contributed by atoms with Crippen molar-refractivity contribution in [3.8, 4) is 0 Å². The van der Waals surface area contributed by atoms with Crippen molar-refractivity contribution in [2.45, 2.75) is 45.1 Å². The molecule has 0 amide bonds. The summed E-state index contributed by atoms with van der Waals surface area (Å²) in [5.41, 5.74) is 1.35. The smallest absolute Gasteiger partial charge is 0.0521 e. The highest BCUT2D eigenvalue weighted by Crippen LogP contribution is 2.33.